The highest BCUT2D eigenvalue weighted by atomic mass is 19.4. The highest BCUT2D eigenvalue weighted by Crippen LogP contribution is 2.57. The quantitative estimate of drug-likeness (QED) is 0.452. The fourth-order valence-electron chi connectivity index (χ4n) is 5.42. The van der Waals surface area contributed by atoms with Gasteiger partial charge < -0.3 is 0 Å². The molecule has 4 atom stereocenters. The molecule has 1 saturated carbocycles. The number of carbonyl (C=O) groups excluding carboxylic acids is 4. The molecule has 0 radical (unpaired) electrons. The summed E-state index contributed by atoms with van der Waals surface area (Å²) in [7, 11) is 1.21. The van der Waals surface area contributed by atoms with Crippen LogP contribution in [0, 0.1) is 30.6 Å². The number of aryl methyl sites for hydroxylation is 1. The van der Waals surface area contributed by atoms with Crippen LogP contribution in [0.5, 0.6) is 0 Å². The van der Waals surface area contributed by atoms with Gasteiger partial charge in [-0.1, -0.05) is 18.2 Å². The van der Waals surface area contributed by atoms with Gasteiger partial charge in [-0.3, -0.25) is 24.1 Å². The molecule has 36 heavy (non-hydrogen) atoms. The van der Waals surface area contributed by atoms with Gasteiger partial charge in [-0.15, -0.1) is 0 Å². The van der Waals surface area contributed by atoms with Crippen LogP contribution in [0.25, 0.3) is 11.1 Å². The van der Waals surface area contributed by atoms with Crippen LogP contribution < -0.4 is 4.90 Å². The summed E-state index contributed by atoms with van der Waals surface area (Å²) in [5.74, 6) is -8.05. The molecule has 3 fully saturated rings. The summed E-state index contributed by atoms with van der Waals surface area (Å²) in [5, 5.41) is 0. The number of likely N-dealkylation sites (tertiary alicyclic amines) is 1. The number of carbonyl (C=O) groups is 4. The van der Waals surface area contributed by atoms with Crippen molar-refractivity contribution >= 4 is 29.3 Å². The second kappa shape index (κ2) is 7.40. The summed E-state index contributed by atoms with van der Waals surface area (Å²) >= 11 is 0. The van der Waals surface area contributed by atoms with E-state index in [1.165, 1.54) is 20.0 Å². The predicted octanol–water partition coefficient (Wildman–Crippen LogP) is 4.05. The van der Waals surface area contributed by atoms with Crippen molar-refractivity contribution in [3.05, 3.63) is 53.1 Å². The average Bonchev–Trinajstić information content (AvgIpc) is 3.07. The molecule has 4 amide bonds. The lowest BCUT2D eigenvalue weighted by molar-refractivity contribution is -0.146. The largest absolute Gasteiger partial charge is 0.418 e. The molecule has 2 heterocycles. The topological polar surface area (TPSA) is 74.8 Å². The Morgan fingerprint density at radius 2 is 1.06 bits per heavy atom. The van der Waals surface area contributed by atoms with Crippen LogP contribution in [0.4, 0.5) is 32.0 Å². The Hall–Kier alpha value is -3.70. The van der Waals surface area contributed by atoms with Crippen LogP contribution in [-0.2, 0) is 31.5 Å². The lowest BCUT2D eigenvalue weighted by Gasteiger charge is -2.36. The number of amides is 4. The highest BCUT2D eigenvalue weighted by Gasteiger charge is 2.73. The molecule has 2 aliphatic heterocycles. The SMILES string of the molecule is Cc1ccc(-c2ccc(N3C(=O)C4C5C(=O)N(C)C(=O)C5C4C3=O)c(C(F)(F)F)c2)cc1C(F)(F)F. The zero-order valence-electron chi connectivity index (χ0n) is 18.6. The van der Waals surface area contributed by atoms with Crippen molar-refractivity contribution in [2.75, 3.05) is 11.9 Å². The molecule has 1 aliphatic carbocycles. The second-order valence-electron chi connectivity index (χ2n) is 9.11. The van der Waals surface area contributed by atoms with Crippen LogP contribution in [0.15, 0.2) is 36.4 Å². The highest BCUT2D eigenvalue weighted by molar-refractivity contribution is 6.27. The fourth-order valence-corrected chi connectivity index (χ4v) is 5.42. The third kappa shape index (κ3) is 3.19. The van der Waals surface area contributed by atoms with E-state index in [2.05, 4.69) is 0 Å². The van der Waals surface area contributed by atoms with Gasteiger partial charge in [-0.25, -0.2) is 4.90 Å². The van der Waals surface area contributed by atoms with E-state index in [0.717, 1.165) is 29.2 Å². The summed E-state index contributed by atoms with van der Waals surface area (Å²) in [6, 6.07) is 5.60. The molecule has 4 unspecified atom stereocenters. The standard InChI is InChI=1S/C24H16F6N2O4/c1-9-3-4-10(7-12(9)23(25,26)27)11-5-6-14(13(8-11)24(28,29)30)32-21(35)17-15-16(18(17)22(32)36)20(34)31(2)19(15)33/h3-8,15-18H,1-2H3. The normalized spacial score (nSPS) is 25.9. The number of fused-ring (bicyclic) bond motifs is 4. The zero-order chi connectivity index (χ0) is 26.5. The van der Waals surface area contributed by atoms with Gasteiger partial charge in [0.25, 0.3) is 0 Å². The van der Waals surface area contributed by atoms with E-state index in [9.17, 15) is 45.5 Å². The van der Waals surface area contributed by atoms with Gasteiger partial charge in [0.05, 0.1) is 40.5 Å². The Labute approximate surface area is 199 Å². The number of alkyl halides is 6. The van der Waals surface area contributed by atoms with Gasteiger partial charge in [0.2, 0.25) is 23.6 Å². The molecular weight excluding hydrogens is 494 g/mol. The minimum atomic E-state index is -5.08. The molecule has 188 valence electrons. The first-order chi connectivity index (χ1) is 16.6. The van der Waals surface area contributed by atoms with Crippen molar-refractivity contribution in [1.82, 2.24) is 4.90 Å². The van der Waals surface area contributed by atoms with Crippen molar-refractivity contribution in [3.63, 3.8) is 0 Å². The van der Waals surface area contributed by atoms with Crippen LogP contribution in [0.1, 0.15) is 16.7 Å². The Balaban J connectivity index is 1.58. The molecule has 6 nitrogen and oxygen atoms in total. The average molecular weight is 510 g/mol. The number of hydrogen-bond donors (Lipinski definition) is 0. The lowest BCUT2D eigenvalue weighted by atomic mass is 9.59. The van der Waals surface area contributed by atoms with E-state index in [1.54, 1.807) is 0 Å². The minimum Gasteiger partial charge on any atom is -0.285 e. The Morgan fingerprint density at radius 3 is 1.53 bits per heavy atom. The first-order valence-corrected chi connectivity index (χ1v) is 10.7. The molecular formula is C24H16F6N2O4. The van der Waals surface area contributed by atoms with Gasteiger partial charge in [-0.2, -0.15) is 26.3 Å². The third-order valence-electron chi connectivity index (χ3n) is 7.21. The van der Waals surface area contributed by atoms with Gasteiger partial charge >= 0.3 is 12.4 Å². The van der Waals surface area contributed by atoms with Crippen LogP contribution in [0.2, 0.25) is 0 Å². The van der Waals surface area contributed by atoms with Crippen LogP contribution in [0.3, 0.4) is 0 Å². The Bertz CT molecular complexity index is 1330. The fraction of sp³-hybridized carbons (Fsp3) is 0.333. The smallest absolute Gasteiger partial charge is 0.285 e. The summed E-state index contributed by atoms with van der Waals surface area (Å²) in [6.07, 6.45) is -9.80. The van der Waals surface area contributed by atoms with Crippen LogP contribution in [-0.4, -0.2) is 35.6 Å². The van der Waals surface area contributed by atoms with Crippen molar-refractivity contribution in [3.8, 4) is 11.1 Å². The number of rotatable bonds is 2. The maximum absolute atomic E-state index is 14.1. The Morgan fingerprint density at radius 1 is 0.639 bits per heavy atom. The molecule has 0 spiro atoms. The van der Waals surface area contributed by atoms with Gasteiger partial charge in [0.15, 0.2) is 0 Å². The monoisotopic (exact) mass is 510 g/mol. The Kier molecular flexibility index (Phi) is 4.94. The molecule has 2 aromatic carbocycles. The number of hydrogen-bond acceptors (Lipinski definition) is 4. The minimum absolute atomic E-state index is 0.108. The molecule has 5 rings (SSSR count). The van der Waals surface area contributed by atoms with Gasteiger partial charge in [0, 0.05) is 7.05 Å². The maximum Gasteiger partial charge on any atom is 0.418 e. The maximum atomic E-state index is 14.1. The van der Waals surface area contributed by atoms with Gasteiger partial charge in [-0.05, 0) is 41.8 Å². The predicted molar refractivity (Wildman–Crippen MR) is 111 cm³/mol. The van der Waals surface area contributed by atoms with Crippen LogP contribution >= 0.6 is 0 Å². The summed E-state index contributed by atoms with van der Waals surface area (Å²) < 4.78 is 82.1. The van der Waals surface area contributed by atoms with E-state index in [0.29, 0.717) is 11.0 Å². The lowest BCUT2D eigenvalue weighted by Crippen LogP contribution is -2.50. The van der Waals surface area contributed by atoms with E-state index < -0.39 is 76.5 Å². The summed E-state index contributed by atoms with van der Waals surface area (Å²) in [6.45, 7) is 1.22. The zero-order valence-corrected chi connectivity index (χ0v) is 18.6. The summed E-state index contributed by atoms with van der Waals surface area (Å²) in [4.78, 5) is 51.9. The van der Waals surface area contributed by atoms with E-state index in [1.807, 2.05) is 0 Å². The van der Waals surface area contributed by atoms with E-state index >= 15 is 0 Å². The molecule has 0 N–H and O–H groups in total. The van der Waals surface area contributed by atoms with Gasteiger partial charge in [0.1, 0.15) is 0 Å². The molecule has 0 aromatic heterocycles. The first kappa shape index (κ1) is 24.0. The van der Waals surface area contributed by atoms with Crippen molar-refractivity contribution < 1.29 is 45.5 Å². The number of benzene rings is 2. The van der Waals surface area contributed by atoms with Crippen molar-refractivity contribution in [2.45, 2.75) is 19.3 Å². The number of nitrogens with zero attached hydrogens (tertiary/aromatic N) is 2. The number of anilines is 1. The number of halogens is 6. The summed E-state index contributed by atoms with van der Waals surface area (Å²) in [5.41, 5.74) is -3.67. The first-order valence-electron chi connectivity index (χ1n) is 10.7. The third-order valence-corrected chi connectivity index (χ3v) is 7.21. The molecule has 12 heteroatoms. The molecule has 3 aliphatic rings. The van der Waals surface area contributed by atoms with Crippen molar-refractivity contribution in [2.24, 2.45) is 23.7 Å². The van der Waals surface area contributed by atoms with Crippen molar-refractivity contribution in [1.29, 1.82) is 0 Å². The van der Waals surface area contributed by atoms with E-state index in [-0.39, 0.29) is 16.7 Å². The molecule has 2 aromatic rings. The molecule has 2 saturated heterocycles. The molecule has 0 bridgehead atoms. The second-order valence-corrected chi connectivity index (χ2v) is 9.11. The van der Waals surface area contributed by atoms with E-state index in [4.69, 9.17) is 0 Å². The number of imide groups is 2.